The maximum atomic E-state index is 4.25. The van der Waals surface area contributed by atoms with E-state index in [2.05, 4.69) is 37.7 Å². The van der Waals surface area contributed by atoms with Crippen molar-refractivity contribution in [3.8, 4) is 0 Å². The molecule has 0 saturated carbocycles. The Morgan fingerprint density at radius 2 is 2.40 bits per heavy atom. The number of aryl methyl sites for hydroxylation is 1. The molecule has 15 heavy (non-hydrogen) atoms. The molecule has 2 aromatic heterocycles. The standard InChI is InChI=1S/C10H12BrN3S/c1-14-3-2-13-10(14)6-12-5-8-4-9(11)15-7-8/h2-4,7,12H,5-6H2,1H3. The highest BCUT2D eigenvalue weighted by atomic mass is 79.9. The van der Waals surface area contributed by atoms with Gasteiger partial charge in [0.05, 0.1) is 10.3 Å². The normalized spacial score (nSPS) is 10.8. The Morgan fingerprint density at radius 3 is 3.00 bits per heavy atom. The number of nitrogens with zero attached hydrogens (tertiary/aromatic N) is 2. The van der Waals surface area contributed by atoms with Crippen LogP contribution in [-0.2, 0) is 20.1 Å². The minimum atomic E-state index is 0.803. The number of nitrogens with one attached hydrogen (secondary N) is 1. The summed E-state index contributed by atoms with van der Waals surface area (Å²) in [6, 6.07) is 2.14. The summed E-state index contributed by atoms with van der Waals surface area (Å²) in [4.78, 5) is 4.25. The number of thiophene rings is 1. The highest BCUT2D eigenvalue weighted by molar-refractivity contribution is 9.11. The summed E-state index contributed by atoms with van der Waals surface area (Å²) < 4.78 is 3.20. The predicted molar refractivity (Wildman–Crippen MR) is 65.8 cm³/mol. The van der Waals surface area contributed by atoms with Crippen molar-refractivity contribution < 1.29 is 0 Å². The maximum absolute atomic E-state index is 4.25. The van der Waals surface area contributed by atoms with Crippen LogP contribution in [0.4, 0.5) is 0 Å². The van der Waals surface area contributed by atoms with Crippen molar-refractivity contribution in [1.82, 2.24) is 14.9 Å². The summed E-state index contributed by atoms with van der Waals surface area (Å²) >= 11 is 5.16. The summed E-state index contributed by atoms with van der Waals surface area (Å²) in [6.45, 7) is 1.69. The molecule has 0 unspecified atom stereocenters. The van der Waals surface area contributed by atoms with E-state index in [1.807, 2.05) is 24.0 Å². The molecule has 0 bridgehead atoms. The molecule has 0 aliphatic heterocycles. The van der Waals surface area contributed by atoms with Crippen LogP contribution in [-0.4, -0.2) is 9.55 Å². The van der Waals surface area contributed by atoms with E-state index < -0.39 is 0 Å². The second-order valence-electron chi connectivity index (χ2n) is 3.32. The van der Waals surface area contributed by atoms with E-state index >= 15 is 0 Å². The first kappa shape index (κ1) is 10.9. The molecule has 0 spiro atoms. The van der Waals surface area contributed by atoms with Crippen molar-refractivity contribution in [3.63, 3.8) is 0 Å². The topological polar surface area (TPSA) is 29.9 Å². The van der Waals surface area contributed by atoms with Crippen LogP contribution in [0.15, 0.2) is 27.6 Å². The van der Waals surface area contributed by atoms with Crippen molar-refractivity contribution in [1.29, 1.82) is 0 Å². The summed E-state index contributed by atoms with van der Waals surface area (Å²) in [5.41, 5.74) is 1.31. The second-order valence-corrected chi connectivity index (χ2v) is 5.61. The van der Waals surface area contributed by atoms with Gasteiger partial charge in [-0.3, -0.25) is 0 Å². The van der Waals surface area contributed by atoms with E-state index in [4.69, 9.17) is 0 Å². The highest BCUT2D eigenvalue weighted by Gasteiger charge is 1.99. The molecule has 0 saturated heterocycles. The monoisotopic (exact) mass is 285 g/mol. The summed E-state index contributed by atoms with van der Waals surface area (Å²) in [5.74, 6) is 1.06. The van der Waals surface area contributed by atoms with Crippen molar-refractivity contribution in [2.45, 2.75) is 13.1 Å². The molecule has 0 fully saturated rings. The van der Waals surface area contributed by atoms with Crippen LogP contribution in [0.2, 0.25) is 0 Å². The van der Waals surface area contributed by atoms with Gasteiger partial charge in [0.1, 0.15) is 5.82 Å². The van der Waals surface area contributed by atoms with Gasteiger partial charge in [0, 0.05) is 26.0 Å². The number of aromatic nitrogens is 2. The third kappa shape index (κ3) is 2.90. The van der Waals surface area contributed by atoms with Crippen LogP contribution in [0, 0.1) is 0 Å². The van der Waals surface area contributed by atoms with Gasteiger partial charge in [-0.2, -0.15) is 0 Å². The molecule has 0 aromatic carbocycles. The summed E-state index contributed by atoms with van der Waals surface area (Å²) in [6.07, 6.45) is 3.77. The smallest absolute Gasteiger partial charge is 0.122 e. The molecule has 0 aliphatic rings. The summed E-state index contributed by atoms with van der Waals surface area (Å²) in [7, 11) is 2.01. The third-order valence-electron chi connectivity index (χ3n) is 2.15. The van der Waals surface area contributed by atoms with Gasteiger partial charge in [0.25, 0.3) is 0 Å². The zero-order valence-electron chi connectivity index (χ0n) is 8.40. The quantitative estimate of drug-likeness (QED) is 0.936. The lowest BCUT2D eigenvalue weighted by Gasteiger charge is -2.03. The largest absolute Gasteiger partial charge is 0.337 e. The van der Waals surface area contributed by atoms with E-state index in [1.54, 1.807) is 11.3 Å². The van der Waals surface area contributed by atoms with Crippen LogP contribution in [0.25, 0.3) is 0 Å². The molecule has 0 aliphatic carbocycles. The Bertz CT molecular complexity index is 435. The van der Waals surface area contributed by atoms with Gasteiger partial charge in [-0.25, -0.2) is 4.98 Å². The molecule has 0 radical (unpaired) electrons. The second kappa shape index (κ2) is 4.92. The lowest BCUT2D eigenvalue weighted by atomic mass is 10.3. The Kier molecular flexibility index (Phi) is 3.56. The number of hydrogen-bond donors (Lipinski definition) is 1. The van der Waals surface area contributed by atoms with Crippen molar-refractivity contribution in [2.24, 2.45) is 7.05 Å². The number of imidazole rings is 1. The first-order valence-corrected chi connectivity index (χ1v) is 6.33. The fourth-order valence-electron chi connectivity index (χ4n) is 1.32. The van der Waals surface area contributed by atoms with Crippen molar-refractivity contribution >= 4 is 27.3 Å². The van der Waals surface area contributed by atoms with Crippen LogP contribution >= 0.6 is 27.3 Å². The van der Waals surface area contributed by atoms with E-state index in [1.165, 1.54) is 9.35 Å². The Balaban J connectivity index is 1.83. The number of rotatable bonds is 4. The van der Waals surface area contributed by atoms with Gasteiger partial charge in [0.15, 0.2) is 0 Å². The molecular weight excluding hydrogens is 274 g/mol. The minimum Gasteiger partial charge on any atom is -0.337 e. The predicted octanol–water partition coefficient (Wildman–Crippen LogP) is 2.53. The molecule has 80 valence electrons. The van der Waals surface area contributed by atoms with Crippen LogP contribution < -0.4 is 5.32 Å². The number of halogens is 1. The number of hydrogen-bond acceptors (Lipinski definition) is 3. The fraction of sp³-hybridized carbons (Fsp3) is 0.300. The van der Waals surface area contributed by atoms with E-state index in [-0.39, 0.29) is 0 Å². The molecule has 0 amide bonds. The van der Waals surface area contributed by atoms with Crippen LogP contribution in [0.5, 0.6) is 0 Å². The molecule has 0 atom stereocenters. The average Bonchev–Trinajstić information content (AvgIpc) is 2.77. The SMILES string of the molecule is Cn1ccnc1CNCc1csc(Br)c1. The van der Waals surface area contributed by atoms with Gasteiger partial charge >= 0.3 is 0 Å². The van der Waals surface area contributed by atoms with Crippen molar-refractivity contribution in [2.75, 3.05) is 0 Å². The van der Waals surface area contributed by atoms with E-state index in [0.29, 0.717) is 0 Å². The first-order valence-electron chi connectivity index (χ1n) is 4.65. The Hall–Kier alpha value is -0.650. The van der Waals surface area contributed by atoms with Gasteiger partial charge in [-0.05, 0) is 32.9 Å². The minimum absolute atomic E-state index is 0.803. The lowest BCUT2D eigenvalue weighted by molar-refractivity contribution is 0.640. The molecule has 2 heterocycles. The Morgan fingerprint density at radius 1 is 1.53 bits per heavy atom. The lowest BCUT2D eigenvalue weighted by Crippen LogP contribution is -2.15. The molecule has 2 aromatic rings. The zero-order valence-corrected chi connectivity index (χ0v) is 10.8. The molecule has 1 N–H and O–H groups in total. The molecule has 3 nitrogen and oxygen atoms in total. The average molecular weight is 286 g/mol. The molecular formula is C10H12BrN3S. The van der Waals surface area contributed by atoms with Gasteiger partial charge in [0.2, 0.25) is 0 Å². The Labute approximate surface area is 101 Å². The van der Waals surface area contributed by atoms with E-state index in [9.17, 15) is 0 Å². The van der Waals surface area contributed by atoms with Crippen LogP contribution in [0.3, 0.4) is 0 Å². The molecule has 2 rings (SSSR count). The van der Waals surface area contributed by atoms with Gasteiger partial charge < -0.3 is 9.88 Å². The highest BCUT2D eigenvalue weighted by Crippen LogP contribution is 2.20. The third-order valence-corrected chi connectivity index (χ3v) is 3.71. The van der Waals surface area contributed by atoms with Crippen LogP contribution in [0.1, 0.15) is 11.4 Å². The fourth-order valence-corrected chi connectivity index (χ4v) is 2.53. The van der Waals surface area contributed by atoms with Gasteiger partial charge in [-0.1, -0.05) is 0 Å². The van der Waals surface area contributed by atoms with E-state index in [0.717, 1.165) is 18.9 Å². The van der Waals surface area contributed by atoms with Gasteiger partial charge in [-0.15, -0.1) is 11.3 Å². The first-order chi connectivity index (χ1) is 7.25. The molecule has 5 heteroatoms. The van der Waals surface area contributed by atoms with Crippen molar-refractivity contribution in [3.05, 3.63) is 39.0 Å². The summed E-state index contributed by atoms with van der Waals surface area (Å²) in [5, 5.41) is 5.51. The zero-order chi connectivity index (χ0) is 10.7. The maximum Gasteiger partial charge on any atom is 0.122 e.